The molecule has 0 radical (unpaired) electrons. The number of hydrogen-bond donors (Lipinski definition) is 2. The van der Waals surface area contributed by atoms with Gasteiger partial charge >= 0.3 is 0 Å². The van der Waals surface area contributed by atoms with Crippen molar-refractivity contribution in [3.63, 3.8) is 0 Å². The largest absolute Gasteiger partial charge is 0.492 e. The number of pyridine rings is 1. The molecule has 0 bridgehead atoms. The zero-order valence-electron chi connectivity index (χ0n) is 18.4. The van der Waals surface area contributed by atoms with Crippen molar-refractivity contribution in [2.75, 3.05) is 26.9 Å². The molecule has 0 aliphatic carbocycles. The molecule has 0 amide bonds. The quantitative estimate of drug-likeness (QED) is 0.431. The fourth-order valence-corrected chi connectivity index (χ4v) is 3.24. The van der Waals surface area contributed by atoms with Gasteiger partial charge in [0, 0.05) is 49.2 Å². The Hall–Kier alpha value is -2.15. The topological polar surface area (TPSA) is 80.4 Å². The molecule has 1 aromatic heterocycles. The molecule has 2 rings (SSSR count). The maximum absolute atomic E-state index is 12.3. The van der Waals surface area contributed by atoms with Crippen molar-refractivity contribution in [1.82, 2.24) is 10.3 Å². The van der Waals surface area contributed by atoms with Gasteiger partial charge in [-0.25, -0.2) is 0 Å². The van der Waals surface area contributed by atoms with Crippen molar-refractivity contribution in [1.29, 1.82) is 0 Å². The Morgan fingerprint density at radius 3 is 2.53 bits per heavy atom. The van der Waals surface area contributed by atoms with E-state index in [4.69, 9.17) is 21.1 Å². The second-order valence-electron chi connectivity index (χ2n) is 8.24. The van der Waals surface area contributed by atoms with Crippen molar-refractivity contribution in [3.8, 4) is 17.0 Å². The number of carbonyl (C=O) groups excluding carboxylic acids is 1. The van der Waals surface area contributed by atoms with Gasteiger partial charge in [-0.2, -0.15) is 0 Å². The fraction of sp³-hybridized carbons (Fsp3) is 0.478. The van der Waals surface area contributed by atoms with Crippen molar-refractivity contribution >= 4 is 17.4 Å². The molecule has 30 heavy (non-hydrogen) atoms. The summed E-state index contributed by atoms with van der Waals surface area (Å²) in [6.45, 7) is 9.56. The summed E-state index contributed by atoms with van der Waals surface area (Å²) in [7, 11) is 1.65. The number of ether oxygens (including phenoxy) is 2. The van der Waals surface area contributed by atoms with Crippen molar-refractivity contribution < 1.29 is 14.3 Å². The number of nitrogens with one attached hydrogen (secondary N) is 2. The van der Waals surface area contributed by atoms with Crippen LogP contribution in [-0.4, -0.2) is 43.2 Å². The van der Waals surface area contributed by atoms with Gasteiger partial charge in [-0.3, -0.25) is 9.59 Å². The average molecular weight is 435 g/mol. The third-order valence-electron chi connectivity index (χ3n) is 4.54. The number of H-pyrrole nitrogens is 1. The summed E-state index contributed by atoms with van der Waals surface area (Å²) in [5, 5.41) is 3.94. The smallest absolute Gasteiger partial charge is 0.192 e. The van der Waals surface area contributed by atoms with Gasteiger partial charge in [-0.05, 0) is 58.4 Å². The summed E-state index contributed by atoms with van der Waals surface area (Å²) in [5.41, 5.74) is 2.23. The molecule has 0 saturated heterocycles. The maximum Gasteiger partial charge on any atom is 0.192 e. The third kappa shape index (κ3) is 6.97. The molecule has 0 spiro atoms. The van der Waals surface area contributed by atoms with Gasteiger partial charge in [-0.1, -0.05) is 11.6 Å². The molecular weight excluding hydrogens is 404 g/mol. The molecule has 7 heteroatoms. The van der Waals surface area contributed by atoms with Crippen molar-refractivity contribution in [2.45, 2.75) is 46.1 Å². The average Bonchev–Trinajstić information content (AvgIpc) is 2.65. The highest BCUT2D eigenvalue weighted by Gasteiger charge is 2.15. The van der Waals surface area contributed by atoms with Crippen LogP contribution in [0.1, 0.15) is 50.0 Å². The number of hydrogen-bond acceptors (Lipinski definition) is 5. The maximum atomic E-state index is 12.3. The molecule has 6 nitrogen and oxygen atoms in total. The number of benzene rings is 1. The predicted octanol–water partition coefficient (Wildman–Crippen LogP) is 4.24. The van der Waals surface area contributed by atoms with Gasteiger partial charge in [0.1, 0.15) is 5.75 Å². The minimum Gasteiger partial charge on any atom is -0.492 e. The number of ketones is 1. The van der Waals surface area contributed by atoms with Gasteiger partial charge in [0.05, 0.1) is 17.2 Å². The molecule has 0 aliphatic rings. The second-order valence-corrected chi connectivity index (χ2v) is 8.65. The molecule has 1 aromatic carbocycles. The SMILES string of the molecule is COCCCOc1cc(CCNC(C)(C)C)c(-c2cc(=O)c(C(C)=O)c[nH]2)cc1Cl. The highest BCUT2D eigenvalue weighted by molar-refractivity contribution is 6.32. The summed E-state index contributed by atoms with van der Waals surface area (Å²) >= 11 is 6.47. The van der Waals surface area contributed by atoms with Gasteiger partial charge in [0.15, 0.2) is 11.2 Å². The minimum absolute atomic E-state index is 0.0104. The molecule has 2 aromatic rings. The van der Waals surface area contributed by atoms with Gasteiger partial charge < -0.3 is 19.8 Å². The molecule has 0 saturated carbocycles. The van der Waals surface area contributed by atoms with E-state index in [2.05, 4.69) is 31.1 Å². The Kier molecular flexibility index (Phi) is 8.65. The normalized spacial score (nSPS) is 11.5. The number of aromatic amines is 1. The van der Waals surface area contributed by atoms with Crippen LogP contribution in [0.2, 0.25) is 5.02 Å². The molecule has 2 N–H and O–H groups in total. The highest BCUT2D eigenvalue weighted by Crippen LogP contribution is 2.33. The van der Waals surface area contributed by atoms with E-state index in [0.29, 0.717) is 36.1 Å². The number of methoxy groups -OCH3 is 1. The zero-order valence-corrected chi connectivity index (χ0v) is 19.1. The summed E-state index contributed by atoms with van der Waals surface area (Å²) in [4.78, 5) is 27.0. The minimum atomic E-state index is -0.314. The van der Waals surface area contributed by atoms with E-state index in [9.17, 15) is 9.59 Å². The van der Waals surface area contributed by atoms with Gasteiger partial charge in [0.2, 0.25) is 0 Å². The molecular formula is C23H31ClN2O4. The van der Waals surface area contributed by atoms with Crippen LogP contribution in [0.5, 0.6) is 5.75 Å². The molecule has 0 fully saturated rings. The lowest BCUT2D eigenvalue weighted by Gasteiger charge is -2.21. The van der Waals surface area contributed by atoms with E-state index >= 15 is 0 Å². The first-order valence-corrected chi connectivity index (χ1v) is 10.4. The number of rotatable bonds is 10. The van der Waals surface area contributed by atoms with E-state index in [0.717, 1.165) is 24.1 Å². The van der Waals surface area contributed by atoms with Crippen LogP contribution < -0.4 is 15.5 Å². The summed E-state index contributed by atoms with van der Waals surface area (Å²) in [5.74, 6) is 0.334. The van der Waals surface area contributed by atoms with Crippen LogP contribution in [0.25, 0.3) is 11.3 Å². The summed E-state index contributed by atoms with van der Waals surface area (Å²) in [6, 6.07) is 5.17. The second kappa shape index (κ2) is 10.8. The lowest BCUT2D eigenvalue weighted by Crippen LogP contribution is -2.37. The monoisotopic (exact) mass is 434 g/mol. The van der Waals surface area contributed by atoms with Crippen molar-refractivity contribution in [3.05, 3.63) is 50.8 Å². The lowest BCUT2D eigenvalue weighted by atomic mass is 9.99. The van der Waals surface area contributed by atoms with E-state index in [-0.39, 0.29) is 22.3 Å². The number of aromatic nitrogens is 1. The summed E-state index contributed by atoms with van der Waals surface area (Å²) < 4.78 is 10.9. The molecule has 0 aliphatic heterocycles. The number of Topliss-reactive ketones (excluding diaryl/α,β-unsaturated/α-hetero) is 1. The first kappa shape index (κ1) is 24.1. The summed E-state index contributed by atoms with van der Waals surface area (Å²) in [6.07, 6.45) is 2.93. The van der Waals surface area contributed by atoms with Crippen molar-refractivity contribution in [2.24, 2.45) is 0 Å². The van der Waals surface area contributed by atoms with E-state index in [1.54, 1.807) is 13.2 Å². The van der Waals surface area contributed by atoms with Crippen LogP contribution in [-0.2, 0) is 11.2 Å². The van der Waals surface area contributed by atoms with Crippen LogP contribution in [0.15, 0.2) is 29.2 Å². The molecule has 0 unspecified atom stereocenters. The zero-order chi connectivity index (χ0) is 22.3. The van der Waals surface area contributed by atoms with E-state index < -0.39 is 0 Å². The Morgan fingerprint density at radius 2 is 1.93 bits per heavy atom. The Morgan fingerprint density at radius 1 is 1.20 bits per heavy atom. The van der Waals surface area contributed by atoms with Gasteiger partial charge in [-0.15, -0.1) is 0 Å². The molecule has 1 heterocycles. The van der Waals surface area contributed by atoms with Crippen LogP contribution in [0, 0.1) is 0 Å². The van der Waals surface area contributed by atoms with E-state index in [1.165, 1.54) is 19.2 Å². The third-order valence-corrected chi connectivity index (χ3v) is 4.84. The fourth-order valence-electron chi connectivity index (χ4n) is 3.02. The lowest BCUT2D eigenvalue weighted by molar-refractivity contribution is 0.101. The molecule has 0 atom stereocenters. The van der Waals surface area contributed by atoms with Gasteiger partial charge in [0.25, 0.3) is 0 Å². The predicted molar refractivity (Wildman–Crippen MR) is 121 cm³/mol. The Balaban J connectivity index is 2.38. The van der Waals surface area contributed by atoms with Crippen LogP contribution in [0.3, 0.4) is 0 Å². The van der Waals surface area contributed by atoms with E-state index in [1.807, 2.05) is 6.07 Å². The van der Waals surface area contributed by atoms with Crippen LogP contribution in [0.4, 0.5) is 0 Å². The Bertz CT molecular complexity index is 932. The Labute approximate surface area is 182 Å². The highest BCUT2D eigenvalue weighted by atomic mass is 35.5. The standard InChI is InChI=1S/C23H31ClN2O4/c1-15(27)18-14-25-20(13-21(18)28)17-12-19(24)22(30-10-6-9-29-5)11-16(17)7-8-26-23(2,3)4/h11-14,26H,6-10H2,1-5H3,(H,25,28). The first-order valence-electron chi connectivity index (χ1n) is 10.1. The molecule has 164 valence electrons. The van der Waals surface area contributed by atoms with Crippen LogP contribution >= 0.6 is 11.6 Å². The first-order chi connectivity index (χ1) is 14.1. The number of carbonyl (C=O) groups is 1. The number of halogens is 1.